The third-order valence-electron chi connectivity index (χ3n) is 4.50. The summed E-state index contributed by atoms with van der Waals surface area (Å²) in [6.45, 7) is 4.98. The molecule has 5 heteroatoms. The molecule has 0 radical (unpaired) electrons. The van der Waals surface area contributed by atoms with E-state index in [1.54, 1.807) is 7.11 Å². The third kappa shape index (κ3) is 1.86. The monoisotopic (exact) mass is 251 g/mol. The quantitative estimate of drug-likeness (QED) is 0.890. The highest BCUT2D eigenvalue weighted by molar-refractivity contribution is 5.06. The highest BCUT2D eigenvalue weighted by Crippen LogP contribution is 2.44. The largest absolute Gasteiger partial charge is 0.371 e. The maximum atomic E-state index is 5.44. The van der Waals surface area contributed by atoms with Gasteiger partial charge in [0.05, 0.1) is 6.04 Å². The van der Waals surface area contributed by atoms with E-state index in [1.807, 2.05) is 13.8 Å². The lowest BCUT2D eigenvalue weighted by Crippen LogP contribution is -2.22. The molecular formula is C13H21N3O2. The summed E-state index contributed by atoms with van der Waals surface area (Å²) in [5.74, 6) is 2.82. The SMILES string of the molecule is COC(C)(C)c1noc(C2NCC3CCCC32)n1. The van der Waals surface area contributed by atoms with Crippen LogP contribution in [0.3, 0.4) is 0 Å². The first-order valence-corrected chi connectivity index (χ1v) is 6.74. The van der Waals surface area contributed by atoms with Gasteiger partial charge in [-0.15, -0.1) is 0 Å². The van der Waals surface area contributed by atoms with Crippen molar-refractivity contribution in [2.75, 3.05) is 13.7 Å². The Kier molecular flexibility index (Phi) is 2.90. The summed E-state index contributed by atoms with van der Waals surface area (Å²) in [6, 6.07) is 0.242. The van der Waals surface area contributed by atoms with E-state index in [9.17, 15) is 0 Å². The van der Waals surface area contributed by atoms with Gasteiger partial charge in [-0.25, -0.2) is 0 Å². The summed E-state index contributed by atoms with van der Waals surface area (Å²) < 4.78 is 10.8. The van der Waals surface area contributed by atoms with Crippen molar-refractivity contribution in [2.45, 2.75) is 44.8 Å². The molecule has 5 nitrogen and oxygen atoms in total. The predicted molar refractivity (Wildman–Crippen MR) is 65.9 cm³/mol. The average molecular weight is 251 g/mol. The summed E-state index contributed by atoms with van der Waals surface area (Å²) in [5.41, 5.74) is -0.491. The Bertz CT molecular complexity index is 430. The second-order valence-electron chi connectivity index (χ2n) is 5.91. The van der Waals surface area contributed by atoms with E-state index in [1.165, 1.54) is 19.3 Å². The Morgan fingerprint density at radius 3 is 3.00 bits per heavy atom. The molecule has 1 aromatic heterocycles. The Hall–Kier alpha value is -0.940. The highest BCUT2D eigenvalue weighted by atomic mass is 16.5. The number of methoxy groups -OCH3 is 1. The van der Waals surface area contributed by atoms with E-state index >= 15 is 0 Å². The third-order valence-corrected chi connectivity index (χ3v) is 4.50. The molecule has 1 N–H and O–H groups in total. The van der Waals surface area contributed by atoms with Crippen molar-refractivity contribution in [1.29, 1.82) is 0 Å². The number of fused-ring (bicyclic) bond motifs is 1. The van der Waals surface area contributed by atoms with Crippen LogP contribution in [-0.2, 0) is 10.3 Å². The standard InChI is InChI=1S/C13H21N3O2/c1-13(2,17-3)12-15-11(18-16-12)10-9-6-4-5-8(9)7-14-10/h8-10,14H,4-7H2,1-3H3. The van der Waals surface area contributed by atoms with E-state index in [2.05, 4.69) is 15.5 Å². The van der Waals surface area contributed by atoms with Crippen LogP contribution < -0.4 is 5.32 Å². The minimum absolute atomic E-state index is 0.242. The van der Waals surface area contributed by atoms with E-state index in [0.29, 0.717) is 11.7 Å². The zero-order chi connectivity index (χ0) is 12.8. The number of nitrogens with one attached hydrogen (secondary N) is 1. The lowest BCUT2D eigenvalue weighted by molar-refractivity contribution is 0.00973. The van der Waals surface area contributed by atoms with Crippen molar-refractivity contribution in [1.82, 2.24) is 15.5 Å². The van der Waals surface area contributed by atoms with Crippen LogP contribution in [-0.4, -0.2) is 23.8 Å². The van der Waals surface area contributed by atoms with E-state index in [4.69, 9.17) is 9.26 Å². The number of rotatable bonds is 3. The van der Waals surface area contributed by atoms with Crippen LogP contribution in [0, 0.1) is 11.8 Å². The van der Waals surface area contributed by atoms with Crippen molar-refractivity contribution in [3.8, 4) is 0 Å². The summed E-state index contributed by atoms with van der Waals surface area (Å²) in [5, 5.41) is 7.59. The van der Waals surface area contributed by atoms with Gasteiger partial charge in [-0.2, -0.15) is 4.98 Å². The molecule has 0 bridgehead atoms. The second-order valence-corrected chi connectivity index (χ2v) is 5.91. The number of nitrogens with zero attached hydrogens (tertiary/aromatic N) is 2. The fourth-order valence-corrected chi connectivity index (χ4v) is 3.16. The van der Waals surface area contributed by atoms with Gasteiger partial charge in [-0.1, -0.05) is 11.6 Å². The van der Waals surface area contributed by atoms with Crippen LogP contribution in [0.15, 0.2) is 4.52 Å². The molecule has 1 aromatic rings. The zero-order valence-corrected chi connectivity index (χ0v) is 11.3. The summed E-state index contributed by atoms with van der Waals surface area (Å²) in [4.78, 5) is 4.53. The maximum absolute atomic E-state index is 5.44. The maximum Gasteiger partial charge on any atom is 0.244 e. The summed E-state index contributed by atoms with van der Waals surface area (Å²) in [7, 11) is 1.66. The molecule has 2 fully saturated rings. The number of aromatic nitrogens is 2. The molecule has 1 aliphatic heterocycles. The van der Waals surface area contributed by atoms with Crippen molar-refractivity contribution < 1.29 is 9.26 Å². The summed E-state index contributed by atoms with van der Waals surface area (Å²) in [6.07, 6.45) is 3.94. The van der Waals surface area contributed by atoms with Crippen LogP contribution in [0.1, 0.15) is 50.9 Å². The molecule has 3 unspecified atom stereocenters. The van der Waals surface area contributed by atoms with Crippen molar-refractivity contribution >= 4 is 0 Å². The molecule has 2 heterocycles. The number of ether oxygens (including phenoxy) is 1. The molecular weight excluding hydrogens is 230 g/mol. The molecule has 18 heavy (non-hydrogen) atoms. The molecule has 1 aliphatic carbocycles. The predicted octanol–water partition coefficient (Wildman–Crippen LogP) is 2.01. The minimum atomic E-state index is -0.491. The Morgan fingerprint density at radius 1 is 1.39 bits per heavy atom. The van der Waals surface area contributed by atoms with Gasteiger partial charge in [0, 0.05) is 7.11 Å². The van der Waals surface area contributed by atoms with Gasteiger partial charge in [-0.3, -0.25) is 0 Å². The molecule has 1 saturated heterocycles. The topological polar surface area (TPSA) is 60.2 Å². The molecule has 2 aliphatic rings. The average Bonchev–Trinajstić information content (AvgIpc) is 3.03. The molecule has 0 spiro atoms. The smallest absolute Gasteiger partial charge is 0.244 e. The summed E-state index contributed by atoms with van der Waals surface area (Å²) >= 11 is 0. The number of hydrogen-bond acceptors (Lipinski definition) is 5. The van der Waals surface area contributed by atoms with E-state index in [0.717, 1.165) is 18.4 Å². The Balaban J connectivity index is 1.81. The highest BCUT2D eigenvalue weighted by Gasteiger charge is 2.42. The van der Waals surface area contributed by atoms with Crippen molar-refractivity contribution in [3.05, 3.63) is 11.7 Å². The lowest BCUT2D eigenvalue weighted by atomic mass is 9.94. The molecule has 0 aromatic carbocycles. The van der Waals surface area contributed by atoms with Gasteiger partial charge in [0.25, 0.3) is 0 Å². The van der Waals surface area contributed by atoms with Gasteiger partial charge in [0.15, 0.2) is 0 Å². The van der Waals surface area contributed by atoms with E-state index < -0.39 is 5.60 Å². The van der Waals surface area contributed by atoms with Gasteiger partial charge < -0.3 is 14.6 Å². The first-order valence-electron chi connectivity index (χ1n) is 6.74. The van der Waals surface area contributed by atoms with Crippen LogP contribution in [0.4, 0.5) is 0 Å². The normalized spacial score (nSPS) is 31.8. The first kappa shape index (κ1) is 12.1. The van der Waals surface area contributed by atoms with E-state index in [-0.39, 0.29) is 6.04 Å². The molecule has 3 rings (SSSR count). The molecule has 0 amide bonds. The fraction of sp³-hybridized carbons (Fsp3) is 0.846. The zero-order valence-electron chi connectivity index (χ0n) is 11.3. The van der Waals surface area contributed by atoms with Crippen LogP contribution in [0.25, 0.3) is 0 Å². The first-order chi connectivity index (χ1) is 8.62. The molecule has 3 atom stereocenters. The lowest BCUT2D eigenvalue weighted by Gasteiger charge is -2.17. The van der Waals surface area contributed by atoms with Gasteiger partial charge in [-0.05, 0) is 45.1 Å². The number of hydrogen-bond donors (Lipinski definition) is 1. The van der Waals surface area contributed by atoms with Gasteiger partial charge in [0.2, 0.25) is 11.7 Å². The van der Waals surface area contributed by atoms with Crippen LogP contribution in [0.2, 0.25) is 0 Å². The Morgan fingerprint density at radius 2 is 2.22 bits per heavy atom. The Labute approximate surface area is 107 Å². The molecule has 100 valence electrons. The van der Waals surface area contributed by atoms with Crippen molar-refractivity contribution in [2.24, 2.45) is 11.8 Å². The molecule has 1 saturated carbocycles. The fourth-order valence-electron chi connectivity index (χ4n) is 3.16. The van der Waals surface area contributed by atoms with Gasteiger partial charge >= 0.3 is 0 Å². The van der Waals surface area contributed by atoms with Crippen molar-refractivity contribution in [3.63, 3.8) is 0 Å². The minimum Gasteiger partial charge on any atom is -0.371 e. The van der Waals surface area contributed by atoms with Crippen LogP contribution >= 0.6 is 0 Å². The van der Waals surface area contributed by atoms with Gasteiger partial charge in [0.1, 0.15) is 5.60 Å². The second kappa shape index (κ2) is 4.31. The van der Waals surface area contributed by atoms with Crippen LogP contribution in [0.5, 0.6) is 0 Å².